The molecule has 2 atom stereocenters. The smallest absolute Gasteiger partial charge is 0.352 e. The molecular formula is C16H19N3O4. The highest BCUT2D eigenvalue weighted by molar-refractivity contribution is 6.37. The molecule has 0 unspecified atom stereocenters. The van der Waals surface area contributed by atoms with Crippen molar-refractivity contribution in [2.75, 3.05) is 18.2 Å². The van der Waals surface area contributed by atoms with Crippen LogP contribution in [0.15, 0.2) is 35.4 Å². The molecule has 0 aliphatic carbocycles. The van der Waals surface area contributed by atoms with Gasteiger partial charge in [0.15, 0.2) is 0 Å². The van der Waals surface area contributed by atoms with E-state index in [9.17, 15) is 14.7 Å². The molecule has 1 amide bonds. The average Bonchev–Trinajstić information content (AvgIpc) is 3.02. The third-order valence-corrected chi connectivity index (χ3v) is 3.99. The van der Waals surface area contributed by atoms with Gasteiger partial charge in [-0.05, 0) is 25.0 Å². The van der Waals surface area contributed by atoms with E-state index in [1.54, 1.807) is 12.1 Å². The third-order valence-electron chi connectivity index (χ3n) is 3.99. The zero-order chi connectivity index (χ0) is 16.2. The molecule has 3 rings (SSSR count). The second-order valence-corrected chi connectivity index (χ2v) is 5.67. The molecule has 0 aromatic heterocycles. The van der Waals surface area contributed by atoms with Crippen molar-refractivity contribution < 1.29 is 19.4 Å². The highest BCUT2D eigenvalue weighted by Crippen LogP contribution is 2.25. The fourth-order valence-electron chi connectivity index (χ4n) is 2.81. The number of ether oxygens (including phenoxy) is 1. The van der Waals surface area contributed by atoms with Crippen molar-refractivity contribution in [2.24, 2.45) is 5.10 Å². The van der Waals surface area contributed by atoms with Gasteiger partial charge >= 0.3 is 5.97 Å². The van der Waals surface area contributed by atoms with E-state index in [2.05, 4.69) is 10.4 Å². The maximum atomic E-state index is 12.6. The molecule has 1 fully saturated rings. The molecule has 2 aliphatic heterocycles. The fourth-order valence-corrected chi connectivity index (χ4v) is 2.81. The number of nitrogens with zero attached hydrogens (tertiary/aromatic N) is 2. The molecule has 0 spiro atoms. The van der Waals surface area contributed by atoms with E-state index in [0.29, 0.717) is 12.3 Å². The van der Waals surface area contributed by atoms with Gasteiger partial charge in [-0.25, -0.2) is 4.79 Å². The van der Waals surface area contributed by atoms with Gasteiger partial charge in [-0.1, -0.05) is 18.2 Å². The van der Waals surface area contributed by atoms with Crippen molar-refractivity contribution in [3.63, 3.8) is 0 Å². The van der Waals surface area contributed by atoms with E-state index >= 15 is 0 Å². The number of carboxylic acid groups (broad SMARTS) is 1. The van der Waals surface area contributed by atoms with Crippen LogP contribution >= 0.6 is 0 Å². The van der Waals surface area contributed by atoms with Gasteiger partial charge in [0.2, 0.25) is 5.91 Å². The first kappa shape index (κ1) is 15.5. The lowest BCUT2D eigenvalue weighted by molar-refractivity contribution is -0.129. The van der Waals surface area contributed by atoms with E-state index in [0.717, 1.165) is 19.4 Å². The predicted molar refractivity (Wildman–Crippen MR) is 84.4 cm³/mol. The number of para-hydroxylation sites is 1. The van der Waals surface area contributed by atoms with Gasteiger partial charge in [0.1, 0.15) is 11.8 Å². The Bertz CT molecular complexity index is 611. The second-order valence-electron chi connectivity index (χ2n) is 5.67. The number of hydrogen-bond donors (Lipinski definition) is 2. The number of benzene rings is 1. The van der Waals surface area contributed by atoms with E-state index in [1.165, 1.54) is 5.01 Å². The Morgan fingerprint density at radius 1 is 1.30 bits per heavy atom. The monoisotopic (exact) mass is 317 g/mol. The average molecular weight is 317 g/mol. The first-order valence-corrected chi connectivity index (χ1v) is 7.68. The fraction of sp³-hybridized carbons (Fsp3) is 0.438. The van der Waals surface area contributed by atoms with Crippen LogP contribution in [0, 0.1) is 0 Å². The molecule has 0 bridgehead atoms. The molecule has 0 saturated carbocycles. The molecule has 2 aliphatic rings. The molecule has 7 heteroatoms. The first-order chi connectivity index (χ1) is 11.1. The van der Waals surface area contributed by atoms with Crippen molar-refractivity contribution in [1.29, 1.82) is 0 Å². The zero-order valence-corrected chi connectivity index (χ0v) is 12.6. The van der Waals surface area contributed by atoms with E-state index in [1.807, 2.05) is 18.2 Å². The number of aliphatic carboxylic acids is 1. The van der Waals surface area contributed by atoms with Gasteiger partial charge in [0.05, 0.1) is 18.3 Å². The maximum absolute atomic E-state index is 12.6. The summed E-state index contributed by atoms with van der Waals surface area (Å²) < 4.78 is 5.37. The molecule has 2 heterocycles. The van der Waals surface area contributed by atoms with Gasteiger partial charge in [-0.2, -0.15) is 5.10 Å². The summed E-state index contributed by atoms with van der Waals surface area (Å²) in [6, 6.07) is 8.45. The van der Waals surface area contributed by atoms with Gasteiger partial charge < -0.3 is 15.2 Å². The van der Waals surface area contributed by atoms with Crippen LogP contribution < -0.4 is 10.3 Å². The number of carboxylic acids is 1. The number of rotatable bonds is 4. The Morgan fingerprint density at radius 3 is 2.74 bits per heavy atom. The molecule has 0 radical (unpaired) electrons. The van der Waals surface area contributed by atoms with E-state index in [-0.39, 0.29) is 24.1 Å². The first-order valence-electron chi connectivity index (χ1n) is 7.68. The highest BCUT2D eigenvalue weighted by Gasteiger charge is 2.37. The minimum atomic E-state index is -1.10. The maximum Gasteiger partial charge on any atom is 0.352 e. The van der Waals surface area contributed by atoms with Crippen molar-refractivity contribution in [2.45, 2.75) is 31.3 Å². The molecule has 122 valence electrons. The number of nitrogens with one attached hydrogen (secondary N) is 1. The summed E-state index contributed by atoms with van der Waals surface area (Å²) in [5.41, 5.74) is 0.692. The molecule has 1 saturated heterocycles. The topological polar surface area (TPSA) is 91.2 Å². The number of carbonyl (C=O) groups is 2. The van der Waals surface area contributed by atoms with E-state index < -0.39 is 12.0 Å². The van der Waals surface area contributed by atoms with Gasteiger partial charge in [0.25, 0.3) is 0 Å². The predicted octanol–water partition coefficient (Wildman–Crippen LogP) is 1.00. The highest BCUT2D eigenvalue weighted by atomic mass is 16.5. The summed E-state index contributed by atoms with van der Waals surface area (Å²) in [6.45, 7) is 1.22. The molecule has 23 heavy (non-hydrogen) atoms. The van der Waals surface area contributed by atoms with Crippen LogP contribution in [0.3, 0.4) is 0 Å². The van der Waals surface area contributed by atoms with Gasteiger partial charge in [-0.3, -0.25) is 9.80 Å². The number of hydrazone groups is 1. The van der Waals surface area contributed by atoms with Crippen LogP contribution in [0.25, 0.3) is 0 Å². The minimum Gasteiger partial charge on any atom is -0.477 e. The summed E-state index contributed by atoms with van der Waals surface area (Å²) >= 11 is 0. The minimum absolute atomic E-state index is 0.00565. The number of carbonyl (C=O) groups excluding carboxylic acids is 1. The van der Waals surface area contributed by atoms with Crippen LogP contribution in [0.4, 0.5) is 5.69 Å². The van der Waals surface area contributed by atoms with Crippen LogP contribution in [0.2, 0.25) is 0 Å². The lowest BCUT2D eigenvalue weighted by Crippen LogP contribution is -2.49. The summed E-state index contributed by atoms with van der Waals surface area (Å²) in [4.78, 5) is 23.8. The Labute approximate surface area is 133 Å². The number of hydrogen-bond acceptors (Lipinski definition) is 5. The summed E-state index contributed by atoms with van der Waals surface area (Å²) in [5, 5.41) is 17.7. The number of anilines is 1. The normalized spacial score (nSPS) is 24.2. The largest absolute Gasteiger partial charge is 0.477 e. The Hall–Kier alpha value is -2.41. The van der Waals surface area contributed by atoms with Crippen LogP contribution in [-0.2, 0) is 14.3 Å². The Balaban J connectivity index is 1.76. The van der Waals surface area contributed by atoms with Crippen molar-refractivity contribution in [3.05, 3.63) is 30.3 Å². The van der Waals surface area contributed by atoms with Crippen LogP contribution in [-0.4, -0.2) is 48.0 Å². The SMILES string of the molecule is O=C(O)C1=NN(c2ccccc2)[C@H](C(=O)N[C@@H]2CCCOC2)C1. The molecular weight excluding hydrogens is 298 g/mol. The molecule has 1 aromatic carbocycles. The molecule has 1 aromatic rings. The van der Waals surface area contributed by atoms with Gasteiger partial charge in [0, 0.05) is 13.0 Å². The zero-order valence-electron chi connectivity index (χ0n) is 12.6. The summed E-state index contributed by atoms with van der Waals surface area (Å²) in [6.07, 6.45) is 1.87. The summed E-state index contributed by atoms with van der Waals surface area (Å²) in [7, 11) is 0. The van der Waals surface area contributed by atoms with Crippen molar-refractivity contribution in [3.8, 4) is 0 Å². The lowest BCUT2D eigenvalue weighted by atomic mass is 10.1. The Kier molecular flexibility index (Phi) is 4.57. The van der Waals surface area contributed by atoms with Crippen LogP contribution in [0.5, 0.6) is 0 Å². The van der Waals surface area contributed by atoms with Crippen LogP contribution in [0.1, 0.15) is 19.3 Å². The van der Waals surface area contributed by atoms with Crippen molar-refractivity contribution in [1.82, 2.24) is 5.32 Å². The lowest BCUT2D eigenvalue weighted by Gasteiger charge is -2.27. The third kappa shape index (κ3) is 3.50. The van der Waals surface area contributed by atoms with Gasteiger partial charge in [-0.15, -0.1) is 0 Å². The number of amides is 1. The molecule has 7 nitrogen and oxygen atoms in total. The molecule has 2 N–H and O–H groups in total. The second kappa shape index (κ2) is 6.78. The Morgan fingerprint density at radius 2 is 2.09 bits per heavy atom. The quantitative estimate of drug-likeness (QED) is 0.864. The van der Waals surface area contributed by atoms with E-state index in [4.69, 9.17) is 4.74 Å². The summed E-state index contributed by atoms with van der Waals surface area (Å²) in [5.74, 6) is -1.31. The van der Waals surface area contributed by atoms with Crippen molar-refractivity contribution >= 4 is 23.3 Å². The standard InChI is InChI=1S/C16H19N3O4/c20-15(17-11-5-4-8-23-10-11)14-9-13(16(21)22)18-19(14)12-6-2-1-3-7-12/h1-3,6-7,11,14H,4-5,8-10H2,(H,17,20)(H,21,22)/t11-,14+/m1/s1.